The third-order valence-corrected chi connectivity index (χ3v) is 7.76. The minimum absolute atomic E-state index is 0.723. The lowest BCUT2D eigenvalue weighted by Gasteiger charge is -2.39. The zero-order valence-corrected chi connectivity index (χ0v) is 19.6. The van der Waals surface area contributed by atoms with Crippen LogP contribution in [0.4, 0.5) is 0 Å². The van der Waals surface area contributed by atoms with Gasteiger partial charge in [0.15, 0.2) is 12.5 Å². The summed E-state index contributed by atoms with van der Waals surface area (Å²) < 4.78 is 48.1. The molecular weight excluding hydrogens is 542 g/mol. The molecule has 19 nitrogen and oxygen atoms in total. The number of aromatic amines is 1. The van der Waals surface area contributed by atoms with Gasteiger partial charge in [-0.2, -0.15) is 4.31 Å². The van der Waals surface area contributed by atoms with Gasteiger partial charge in [-0.1, -0.05) is 0 Å². The maximum atomic E-state index is 12.2. The van der Waals surface area contributed by atoms with E-state index in [1.54, 1.807) is 0 Å². The summed E-state index contributed by atoms with van der Waals surface area (Å²) >= 11 is 0. The molecule has 2 fully saturated rings. The van der Waals surface area contributed by atoms with Crippen LogP contribution in [0.15, 0.2) is 21.9 Å². The van der Waals surface area contributed by atoms with E-state index >= 15 is 0 Å². The molecule has 0 amide bonds. The quantitative estimate of drug-likeness (QED) is 0.127. The molecule has 0 radical (unpaired) electrons. The number of hydrogen-bond acceptors (Lipinski definition) is 15. The SMILES string of the molecule is O=c1ccn([C@@H]2O[C@H](COP(=O)(O)OP(=O)(O)O[C@@H]3O[C@H](CO)[C@H](O)[C@H](O)[C@H]3O)[C@@H](O)[C@H]2O)c(=O)[nH]1. The fourth-order valence-electron chi connectivity index (χ4n) is 3.35. The molecule has 0 aliphatic carbocycles. The average molecular weight is 566 g/mol. The normalized spacial score (nSPS) is 38.4. The molecule has 3 rings (SSSR count). The van der Waals surface area contributed by atoms with E-state index in [1.165, 1.54) is 0 Å². The summed E-state index contributed by atoms with van der Waals surface area (Å²) in [7, 11) is -11.1. The Morgan fingerprint density at radius 1 is 0.917 bits per heavy atom. The first-order valence-corrected chi connectivity index (χ1v) is 13.0. The van der Waals surface area contributed by atoms with Crippen molar-refractivity contribution >= 4 is 15.6 Å². The summed E-state index contributed by atoms with van der Waals surface area (Å²) in [6.07, 6.45) is -15.4. The van der Waals surface area contributed by atoms with Crippen LogP contribution in [0.25, 0.3) is 0 Å². The van der Waals surface area contributed by atoms with Crippen molar-refractivity contribution in [2.75, 3.05) is 13.2 Å². The smallest absolute Gasteiger partial charge is 0.394 e. The summed E-state index contributed by atoms with van der Waals surface area (Å²) in [6.45, 7) is -1.93. The lowest BCUT2D eigenvalue weighted by atomic mass is 10.00. The minimum Gasteiger partial charge on any atom is -0.394 e. The Balaban J connectivity index is 1.61. The lowest BCUT2D eigenvalue weighted by Crippen LogP contribution is -2.58. The Bertz CT molecular complexity index is 1120. The standard InChI is InChI=1S/C15H24N2O17P2/c18-3-5-8(20)10(22)12(24)14(32-5)33-36(28,29)34-35(26,27)30-4-6-9(21)11(23)13(31-6)17-2-1-7(19)16-15(17)25/h1-2,5-6,8-14,18,20-24H,3-4H2,(H,26,27)(H,28,29)(H,16,19,25)/t5-,6-,8+,9-,10+,11-,12-,13-,14+/m1/s1. The van der Waals surface area contributed by atoms with Crippen molar-refractivity contribution in [1.82, 2.24) is 9.55 Å². The molecule has 2 aliphatic heterocycles. The van der Waals surface area contributed by atoms with Gasteiger partial charge < -0.3 is 49.9 Å². The maximum absolute atomic E-state index is 12.2. The highest BCUT2D eigenvalue weighted by atomic mass is 31.3. The first kappa shape index (κ1) is 29.2. The van der Waals surface area contributed by atoms with E-state index < -0.39 is 95.4 Å². The highest BCUT2D eigenvalue weighted by Gasteiger charge is 2.49. The number of aliphatic hydroxyl groups excluding tert-OH is 6. The number of phosphoric ester groups is 2. The van der Waals surface area contributed by atoms with Gasteiger partial charge in [-0.05, 0) is 0 Å². The molecule has 0 bridgehead atoms. The molecule has 9 N–H and O–H groups in total. The minimum atomic E-state index is -5.59. The number of H-pyrrole nitrogens is 1. The Kier molecular flexibility index (Phi) is 9.05. The van der Waals surface area contributed by atoms with Crippen molar-refractivity contribution in [2.24, 2.45) is 0 Å². The van der Waals surface area contributed by atoms with Crippen molar-refractivity contribution < 1.29 is 72.4 Å². The van der Waals surface area contributed by atoms with Gasteiger partial charge in [-0.25, -0.2) is 13.9 Å². The van der Waals surface area contributed by atoms with Crippen LogP contribution in [0, 0.1) is 0 Å². The number of nitrogens with one attached hydrogen (secondary N) is 1. The molecule has 206 valence electrons. The van der Waals surface area contributed by atoms with E-state index in [0.29, 0.717) is 0 Å². The van der Waals surface area contributed by atoms with Crippen molar-refractivity contribution in [3.63, 3.8) is 0 Å². The predicted molar refractivity (Wildman–Crippen MR) is 109 cm³/mol. The van der Waals surface area contributed by atoms with E-state index in [2.05, 4.69) is 13.4 Å². The second-order valence-corrected chi connectivity index (χ2v) is 10.7. The number of ether oxygens (including phenoxy) is 2. The number of nitrogens with zero attached hydrogens (tertiary/aromatic N) is 1. The van der Waals surface area contributed by atoms with Crippen LogP contribution in [0.5, 0.6) is 0 Å². The summed E-state index contributed by atoms with van der Waals surface area (Å²) in [6, 6.07) is 0.928. The Morgan fingerprint density at radius 2 is 1.56 bits per heavy atom. The molecule has 3 heterocycles. The second kappa shape index (κ2) is 11.2. The number of rotatable bonds is 9. The molecule has 36 heavy (non-hydrogen) atoms. The molecule has 0 saturated carbocycles. The topological polar surface area (TPSA) is 297 Å². The molecular formula is C15H24N2O17P2. The Morgan fingerprint density at radius 3 is 2.17 bits per heavy atom. The summed E-state index contributed by atoms with van der Waals surface area (Å²) in [5, 5.41) is 58.6. The van der Waals surface area contributed by atoms with Crippen LogP contribution in [0.1, 0.15) is 6.23 Å². The van der Waals surface area contributed by atoms with Crippen LogP contribution in [-0.2, 0) is 32.0 Å². The van der Waals surface area contributed by atoms with Crippen LogP contribution in [0.2, 0.25) is 0 Å². The van der Waals surface area contributed by atoms with Gasteiger partial charge in [0.1, 0.15) is 42.7 Å². The van der Waals surface area contributed by atoms with Crippen molar-refractivity contribution in [1.29, 1.82) is 0 Å². The van der Waals surface area contributed by atoms with Crippen molar-refractivity contribution in [3.05, 3.63) is 33.1 Å². The molecule has 1 aromatic rings. The van der Waals surface area contributed by atoms with Crippen LogP contribution in [-0.4, -0.2) is 112 Å². The van der Waals surface area contributed by atoms with Gasteiger partial charge in [0.25, 0.3) is 5.56 Å². The van der Waals surface area contributed by atoms with E-state index in [1.807, 2.05) is 4.98 Å². The molecule has 21 heteroatoms. The third-order valence-electron chi connectivity index (χ3n) is 5.16. The summed E-state index contributed by atoms with van der Waals surface area (Å²) in [5.41, 5.74) is -1.75. The van der Waals surface area contributed by atoms with Gasteiger partial charge in [-0.3, -0.25) is 23.4 Å². The zero-order chi connectivity index (χ0) is 27.0. The third kappa shape index (κ3) is 6.54. The zero-order valence-electron chi connectivity index (χ0n) is 17.9. The average Bonchev–Trinajstić information content (AvgIpc) is 3.06. The number of hydrogen-bond donors (Lipinski definition) is 9. The molecule has 0 aromatic carbocycles. The Labute approximate surface area is 199 Å². The summed E-state index contributed by atoms with van der Waals surface area (Å²) in [4.78, 5) is 44.5. The number of aromatic nitrogens is 2. The van der Waals surface area contributed by atoms with Crippen LogP contribution < -0.4 is 11.2 Å². The maximum Gasteiger partial charge on any atom is 0.483 e. The first-order valence-electron chi connectivity index (χ1n) is 9.99. The molecule has 0 spiro atoms. The van der Waals surface area contributed by atoms with E-state index in [-0.39, 0.29) is 0 Å². The van der Waals surface area contributed by atoms with Gasteiger partial charge in [0.2, 0.25) is 0 Å². The van der Waals surface area contributed by atoms with E-state index in [4.69, 9.17) is 14.6 Å². The van der Waals surface area contributed by atoms with E-state index in [9.17, 15) is 54.0 Å². The fraction of sp³-hybridized carbons (Fsp3) is 0.733. The molecule has 2 aliphatic rings. The molecule has 2 unspecified atom stereocenters. The van der Waals surface area contributed by atoms with Crippen molar-refractivity contribution in [3.8, 4) is 0 Å². The van der Waals surface area contributed by atoms with Crippen LogP contribution >= 0.6 is 15.6 Å². The molecule has 1 aromatic heterocycles. The van der Waals surface area contributed by atoms with Gasteiger partial charge >= 0.3 is 21.3 Å². The second-order valence-electron chi connectivity index (χ2n) is 7.68. The van der Waals surface area contributed by atoms with Gasteiger partial charge in [0.05, 0.1) is 13.2 Å². The van der Waals surface area contributed by atoms with E-state index in [0.717, 1.165) is 16.8 Å². The van der Waals surface area contributed by atoms with Crippen molar-refractivity contribution in [2.45, 2.75) is 55.2 Å². The predicted octanol–water partition coefficient (Wildman–Crippen LogP) is -4.79. The largest absolute Gasteiger partial charge is 0.483 e. The monoisotopic (exact) mass is 566 g/mol. The highest BCUT2D eigenvalue weighted by Crippen LogP contribution is 2.61. The number of phosphoric acid groups is 2. The summed E-state index contributed by atoms with van der Waals surface area (Å²) in [5.74, 6) is 0. The van der Waals surface area contributed by atoms with Gasteiger partial charge in [0, 0.05) is 12.3 Å². The number of aliphatic hydroxyl groups is 6. The van der Waals surface area contributed by atoms with Crippen LogP contribution in [0.3, 0.4) is 0 Å². The Hall–Kier alpha value is -1.38. The molecule has 2 saturated heterocycles. The molecule has 11 atom stereocenters. The fourth-order valence-corrected chi connectivity index (χ4v) is 5.51. The highest BCUT2D eigenvalue weighted by molar-refractivity contribution is 7.61. The lowest BCUT2D eigenvalue weighted by molar-refractivity contribution is -0.280. The van der Waals surface area contributed by atoms with Gasteiger partial charge in [-0.15, -0.1) is 0 Å². The first-order chi connectivity index (χ1) is 16.7.